The quantitative estimate of drug-likeness (QED) is 0.238. The van der Waals surface area contributed by atoms with Crippen molar-refractivity contribution >= 4 is 17.6 Å². The number of para-hydroxylation sites is 2. The number of benzene rings is 1. The van der Waals surface area contributed by atoms with Gasteiger partial charge in [0.1, 0.15) is 5.75 Å². The van der Waals surface area contributed by atoms with Gasteiger partial charge in [-0.2, -0.15) is 0 Å². The van der Waals surface area contributed by atoms with Gasteiger partial charge in [-0.15, -0.1) is 0 Å². The van der Waals surface area contributed by atoms with Crippen LogP contribution in [-0.2, 0) is 9.59 Å². The number of aliphatic carboxylic acids is 1. The van der Waals surface area contributed by atoms with E-state index in [1.807, 2.05) is 24.3 Å². The minimum absolute atomic E-state index is 0.0565. The molecule has 170 valence electrons. The number of carboxylic acid groups (broad SMARTS) is 1. The molecular weight excluding hydrogens is 378 g/mol. The van der Waals surface area contributed by atoms with Crippen molar-refractivity contribution in [3.8, 4) is 5.75 Å². The lowest BCUT2D eigenvalue weighted by molar-refractivity contribution is -0.137. The molecule has 0 aliphatic heterocycles. The molecule has 0 fully saturated rings. The molecule has 0 aliphatic carbocycles. The molecule has 30 heavy (non-hydrogen) atoms. The van der Waals surface area contributed by atoms with E-state index in [-0.39, 0.29) is 5.91 Å². The van der Waals surface area contributed by atoms with Crippen molar-refractivity contribution in [1.29, 1.82) is 0 Å². The lowest BCUT2D eigenvalue weighted by Crippen LogP contribution is -2.12. The third-order valence-electron chi connectivity index (χ3n) is 5.21. The highest BCUT2D eigenvalue weighted by atomic mass is 16.5. The maximum absolute atomic E-state index is 12.2. The van der Waals surface area contributed by atoms with Crippen LogP contribution in [0.25, 0.3) is 0 Å². The summed E-state index contributed by atoms with van der Waals surface area (Å²) < 4.78 is 5.82. The summed E-state index contributed by atoms with van der Waals surface area (Å²) in [7, 11) is 0. The van der Waals surface area contributed by atoms with Crippen LogP contribution in [0.1, 0.15) is 103 Å². The lowest BCUT2D eigenvalue weighted by Gasteiger charge is -2.12. The van der Waals surface area contributed by atoms with E-state index in [0.717, 1.165) is 62.8 Å². The van der Waals surface area contributed by atoms with E-state index in [4.69, 9.17) is 9.84 Å². The second kappa shape index (κ2) is 17.8. The number of carboxylic acids is 1. The standard InChI is InChI=1S/C25H41NO4/c1-2-3-16-21-30-23-18-15-14-17-22(23)26-24(27)19-12-10-8-6-4-5-7-9-11-13-20-25(28)29/h14-15,17-18H,2-13,16,19-21H2,1H3,(H,26,27)(H,28,29). The van der Waals surface area contributed by atoms with Crippen LogP contribution in [0.4, 0.5) is 5.69 Å². The van der Waals surface area contributed by atoms with Gasteiger partial charge in [-0.1, -0.05) is 83.3 Å². The fraction of sp³-hybridized carbons (Fsp3) is 0.680. The van der Waals surface area contributed by atoms with Gasteiger partial charge in [-0.3, -0.25) is 9.59 Å². The zero-order valence-electron chi connectivity index (χ0n) is 18.8. The van der Waals surface area contributed by atoms with Crippen molar-refractivity contribution in [3.05, 3.63) is 24.3 Å². The monoisotopic (exact) mass is 419 g/mol. The smallest absolute Gasteiger partial charge is 0.303 e. The minimum Gasteiger partial charge on any atom is -0.491 e. The topological polar surface area (TPSA) is 75.6 Å². The molecule has 0 heterocycles. The second-order valence-corrected chi connectivity index (χ2v) is 8.03. The predicted molar refractivity (Wildman–Crippen MR) is 123 cm³/mol. The average molecular weight is 420 g/mol. The van der Waals surface area contributed by atoms with Gasteiger partial charge in [-0.25, -0.2) is 0 Å². The van der Waals surface area contributed by atoms with E-state index in [2.05, 4.69) is 12.2 Å². The van der Waals surface area contributed by atoms with Crippen molar-refractivity contribution in [2.75, 3.05) is 11.9 Å². The fourth-order valence-electron chi connectivity index (χ4n) is 3.42. The molecule has 0 aromatic heterocycles. The van der Waals surface area contributed by atoms with Gasteiger partial charge in [0.25, 0.3) is 0 Å². The SMILES string of the molecule is CCCCCOc1ccccc1NC(=O)CCCCCCCCCCCCC(=O)O. The van der Waals surface area contributed by atoms with Crippen LogP contribution in [0.3, 0.4) is 0 Å². The Bertz CT molecular complexity index is 588. The van der Waals surface area contributed by atoms with Gasteiger partial charge in [-0.05, 0) is 31.4 Å². The molecule has 0 bridgehead atoms. The van der Waals surface area contributed by atoms with E-state index in [1.54, 1.807) is 0 Å². The first-order valence-corrected chi connectivity index (χ1v) is 11.9. The first-order chi connectivity index (χ1) is 14.6. The molecule has 1 rings (SSSR count). The first kappa shape index (κ1) is 26.0. The molecule has 0 saturated heterocycles. The molecule has 5 nitrogen and oxygen atoms in total. The number of hydrogen-bond acceptors (Lipinski definition) is 3. The molecule has 0 aliphatic rings. The Labute approximate surface area is 182 Å². The van der Waals surface area contributed by atoms with Crippen molar-refractivity contribution in [3.63, 3.8) is 0 Å². The van der Waals surface area contributed by atoms with E-state index in [9.17, 15) is 9.59 Å². The van der Waals surface area contributed by atoms with Crippen LogP contribution in [-0.4, -0.2) is 23.6 Å². The van der Waals surface area contributed by atoms with Gasteiger partial charge in [0.05, 0.1) is 12.3 Å². The number of hydrogen-bond donors (Lipinski definition) is 2. The molecule has 0 radical (unpaired) electrons. The van der Waals surface area contributed by atoms with Crippen molar-refractivity contribution in [2.24, 2.45) is 0 Å². The number of ether oxygens (including phenoxy) is 1. The summed E-state index contributed by atoms with van der Waals surface area (Å²) in [4.78, 5) is 22.7. The Kier molecular flexibility index (Phi) is 15.4. The first-order valence-electron chi connectivity index (χ1n) is 11.9. The van der Waals surface area contributed by atoms with Gasteiger partial charge < -0.3 is 15.2 Å². The Morgan fingerprint density at radius 3 is 1.97 bits per heavy atom. The van der Waals surface area contributed by atoms with Gasteiger partial charge in [0.2, 0.25) is 5.91 Å². The Balaban J connectivity index is 2.04. The molecule has 1 aromatic carbocycles. The highest BCUT2D eigenvalue weighted by Crippen LogP contribution is 2.24. The largest absolute Gasteiger partial charge is 0.491 e. The Morgan fingerprint density at radius 1 is 0.800 bits per heavy atom. The van der Waals surface area contributed by atoms with Crippen LogP contribution in [0.15, 0.2) is 24.3 Å². The highest BCUT2D eigenvalue weighted by Gasteiger charge is 2.07. The fourth-order valence-corrected chi connectivity index (χ4v) is 3.42. The number of carbonyl (C=O) groups excluding carboxylic acids is 1. The van der Waals surface area contributed by atoms with Crippen LogP contribution in [0, 0.1) is 0 Å². The van der Waals surface area contributed by atoms with Crippen molar-refractivity contribution in [2.45, 2.75) is 103 Å². The van der Waals surface area contributed by atoms with Gasteiger partial charge in [0.15, 0.2) is 0 Å². The summed E-state index contributed by atoms with van der Waals surface area (Å²) in [5.74, 6) is 0.120. The molecule has 0 saturated carbocycles. The molecule has 1 amide bonds. The molecule has 0 unspecified atom stereocenters. The highest BCUT2D eigenvalue weighted by molar-refractivity contribution is 5.92. The lowest BCUT2D eigenvalue weighted by atomic mass is 10.1. The third kappa shape index (κ3) is 14.0. The number of amides is 1. The third-order valence-corrected chi connectivity index (χ3v) is 5.21. The van der Waals surface area contributed by atoms with Crippen molar-refractivity contribution < 1.29 is 19.4 Å². The zero-order chi connectivity index (χ0) is 21.9. The summed E-state index contributed by atoms with van der Waals surface area (Å²) in [6, 6.07) is 7.66. The van der Waals surface area contributed by atoms with E-state index < -0.39 is 5.97 Å². The number of carbonyl (C=O) groups is 2. The number of rotatable bonds is 19. The predicted octanol–water partition coefficient (Wildman–Crippen LogP) is 6.96. The summed E-state index contributed by atoms with van der Waals surface area (Å²) >= 11 is 0. The molecular formula is C25H41NO4. The van der Waals surface area contributed by atoms with Crippen LogP contribution >= 0.6 is 0 Å². The van der Waals surface area contributed by atoms with Crippen LogP contribution in [0.5, 0.6) is 5.75 Å². The molecule has 0 atom stereocenters. The Morgan fingerprint density at radius 2 is 1.37 bits per heavy atom. The van der Waals surface area contributed by atoms with Crippen LogP contribution in [0.2, 0.25) is 0 Å². The molecule has 2 N–H and O–H groups in total. The maximum atomic E-state index is 12.2. The molecule has 5 heteroatoms. The average Bonchev–Trinajstić information content (AvgIpc) is 2.73. The molecule has 0 spiro atoms. The summed E-state index contributed by atoms with van der Waals surface area (Å²) in [5, 5.41) is 11.6. The van der Waals surface area contributed by atoms with Gasteiger partial charge in [0, 0.05) is 12.8 Å². The minimum atomic E-state index is -0.691. The van der Waals surface area contributed by atoms with Crippen molar-refractivity contribution in [1.82, 2.24) is 0 Å². The number of anilines is 1. The van der Waals surface area contributed by atoms with E-state index in [1.165, 1.54) is 32.1 Å². The number of nitrogens with one attached hydrogen (secondary N) is 1. The summed E-state index contributed by atoms with van der Waals surface area (Å²) in [5.41, 5.74) is 0.766. The van der Waals surface area contributed by atoms with Crippen LogP contribution < -0.4 is 10.1 Å². The zero-order valence-corrected chi connectivity index (χ0v) is 18.8. The van der Waals surface area contributed by atoms with Gasteiger partial charge >= 0.3 is 5.97 Å². The summed E-state index contributed by atoms with van der Waals surface area (Å²) in [6.07, 6.45) is 15.2. The summed E-state index contributed by atoms with van der Waals surface area (Å²) in [6.45, 7) is 2.85. The van der Waals surface area contributed by atoms with E-state index in [0.29, 0.717) is 19.4 Å². The number of unbranched alkanes of at least 4 members (excludes halogenated alkanes) is 11. The molecule has 1 aromatic rings. The van der Waals surface area contributed by atoms with E-state index >= 15 is 0 Å². The maximum Gasteiger partial charge on any atom is 0.303 e. The Hall–Kier alpha value is -2.04. The normalized spacial score (nSPS) is 10.7. The second-order valence-electron chi connectivity index (χ2n) is 8.03.